The molecule has 1 aliphatic heterocycles. The van der Waals surface area contributed by atoms with E-state index < -0.39 is 20.2 Å². The molecule has 0 bridgehead atoms. The molecule has 0 amide bonds. The van der Waals surface area contributed by atoms with E-state index in [1.165, 1.54) is 0 Å². The zero-order chi connectivity index (χ0) is 40.9. The van der Waals surface area contributed by atoms with Gasteiger partial charge in [0.2, 0.25) is 5.52 Å². The van der Waals surface area contributed by atoms with E-state index in [1.54, 1.807) is 23.1 Å². The molecule has 15 heteroatoms. The molecule has 9 nitrogen and oxygen atoms in total. The van der Waals surface area contributed by atoms with Crippen LogP contribution in [0.5, 0.6) is 0 Å². The van der Waals surface area contributed by atoms with E-state index in [-0.39, 0.29) is 11.5 Å². The number of rotatable bonds is 16. The van der Waals surface area contributed by atoms with Gasteiger partial charge in [-0.15, -0.1) is 0 Å². The highest BCUT2D eigenvalue weighted by Crippen LogP contribution is 2.48. The Kier molecular flexibility index (Phi) is 13.5. The third-order valence-electron chi connectivity index (χ3n) is 9.83. The molecule has 1 aromatic heterocycles. The van der Waals surface area contributed by atoms with Crippen LogP contribution in [0.3, 0.4) is 0 Å². The summed E-state index contributed by atoms with van der Waals surface area (Å²) in [4.78, 5) is 5.52. The quantitative estimate of drug-likeness (QED) is 0.0567. The molecular formula is C43H42Cl2N3O6S4+. The maximum Gasteiger partial charge on any atom is 0.264 e. The minimum absolute atomic E-state index is 0.290. The Balaban J connectivity index is 1.30. The number of benzene rings is 4. The van der Waals surface area contributed by atoms with Gasteiger partial charge in [0, 0.05) is 51.4 Å². The number of hydrogen-bond donors (Lipinski definition) is 2. The first-order chi connectivity index (χ1) is 27.8. The van der Waals surface area contributed by atoms with E-state index in [0.29, 0.717) is 48.8 Å². The van der Waals surface area contributed by atoms with Crippen LogP contribution in [0.2, 0.25) is 10.0 Å². The maximum absolute atomic E-state index is 11.4. The van der Waals surface area contributed by atoms with Gasteiger partial charge in [-0.3, -0.25) is 9.11 Å². The summed E-state index contributed by atoms with van der Waals surface area (Å²) in [6, 6.07) is 32.2. The summed E-state index contributed by atoms with van der Waals surface area (Å²) >= 11 is 16.2. The van der Waals surface area contributed by atoms with Crippen LogP contribution in [0, 0.1) is 0 Å². The van der Waals surface area contributed by atoms with Crippen molar-refractivity contribution in [1.29, 1.82) is 0 Å². The van der Waals surface area contributed by atoms with Crippen LogP contribution in [-0.2, 0) is 26.8 Å². The summed E-state index contributed by atoms with van der Waals surface area (Å²) in [6.45, 7) is 1.11. The SMILES string of the molecule is O=S(=O)(O)CCCCN1/C(=C/C=C2\CCC(/C=C/c3sc4ccc(Cl)cc4[n+]3CCCCS(=O)(=O)O)=C2N(c2ccccc2)c2ccccc2)Sc2ccc(Cl)cc21. The zero-order valence-corrected chi connectivity index (χ0v) is 36.2. The number of aromatic nitrogens is 1. The number of halogens is 2. The topological polar surface area (TPSA) is 119 Å². The summed E-state index contributed by atoms with van der Waals surface area (Å²) in [5.74, 6) is -0.579. The van der Waals surface area contributed by atoms with Crippen molar-refractivity contribution in [2.45, 2.75) is 50.0 Å². The van der Waals surface area contributed by atoms with Crippen LogP contribution in [0.25, 0.3) is 16.3 Å². The molecule has 0 saturated heterocycles. The molecular weight excluding hydrogens is 854 g/mol. The van der Waals surface area contributed by atoms with Crippen molar-refractivity contribution in [3.63, 3.8) is 0 Å². The smallest absolute Gasteiger partial charge is 0.264 e. The molecule has 1 aliphatic carbocycles. The third kappa shape index (κ3) is 10.6. The Labute approximate surface area is 358 Å². The first-order valence-corrected chi connectivity index (χ1v) is 24.4. The van der Waals surface area contributed by atoms with Gasteiger partial charge in [0.25, 0.3) is 25.2 Å². The molecule has 0 atom stereocenters. The van der Waals surface area contributed by atoms with E-state index in [9.17, 15) is 25.9 Å². The van der Waals surface area contributed by atoms with E-state index in [2.05, 4.69) is 62.9 Å². The lowest BCUT2D eigenvalue weighted by atomic mass is 10.1. The highest BCUT2D eigenvalue weighted by molar-refractivity contribution is 8.03. The third-order valence-corrected chi connectivity index (χ3v) is 14.2. The predicted octanol–water partition coefficient (Wildman–Crippen LogP) is 11.1. The molecule has 0 fully saturated rings. The molecule has 2 N–H and O–H groups in total. The first kappa shape index (κ1) is 42.2. The lowest BCUT2D eigenvalue weighted by molar-refractivity contribution is -0.669. The Morgan fingerprint density at radius 2 is 1.38 bits per heavy atom. The normalized spacial score (nSPS) is 16.1. The lowest BCUT2D eigenvalue weighted by Gasteiger charge is -2.28. The predicted molar refractivity (Wildman–Crippen MR) is 239 cm³/mol. The van der Waals surface area contributed by atoms with Crippen LogP contribution >= 0.6 is 46.3 Å². The molecule has 0 spiro atoms. The van der Waals surface area contributed by atoms with Crippen LogP contribution < -0.4 is 14.4 Å². The van der Waals surface area contributed by atoms with Crippen molar-refractivity contribution in [3.8, 4) is 0 Å². The maximum atomic E-state index is 11.4. The summed E-state index contributed by atoms with van der Waals surface area (Å²) in [5, 5.41) is 3.21. The summed E-state index contributed by atoms with van der Waals surface area (Å²) in [5.41, 5.74) is 7.30. The molecule has 5 aromatic rings. The largest absolute Gasteiger partial charge is 0.335 e. The van der Waals surface area contributed by atoms with Gasteiger partial charge in [-0.1, -0.05) is 88.8 Å². The fourth-order valence-corrected chi connectivity index (χ4v) is 10.8. The van der Waals surface area contributed by atoms with Crippen LogP contribution in [-0.4, -0.2) is 44.0 Å². The van der Waals surface area contributed by atoms with Crippen molar-refractivity contribution < 1.29 is 30.5 Å². The van der Waals surface area contributed by atoms with E-state index in [0.717, 1.165) is 71.9 Å². The van der Waals surface area contributed by atoms with E-state index >= 15 is 0 Å². The average molecular weight is 896 g/mol. The molecule has 2 heterocycles. The van der Waals surface area contributed by atoms with Gasteiger partial charge in [-0.25, -0.2) is 0 Å². The second kappa shape index (κ2) is 18.6. The Morgan fingerprint density at radius 3 is 2.05 bits per heavy atom. The number of nitrogens with zero attached hydrogens (tertiary/aromatic N) is 3. The highest BCUT2D eigenvalue weighted by Gasteiger charge is 2.29. The minimum Gasteiger partial charge on any atom is -0.335 e. The fraction of sp³-hybridized carbons (Fsp3) is 0.233. The number of allylic oxidation sites excluding steroid dienone is 5. The van der Waals surface area contributed by atoms with Crippen LogP contribution in [0.4, 0.5) is 17.1 Å². The Hall–Kier alpha value is -3.92. The van der Waals surface area contributed by atoms with Crippen molar-refractivity contribution in [2.24, 2.45) is 0 Å². The summed E-state index contributed by atoms with van der Waals surface area (Å²) in [7, 11) is -8.10. The number of fused-ring (bicyclic) bond motifs is 2. The number of thioether (sulfide) groups is 1. The van der Waals surface area contributed by atoms with E-state index in [1.807, 2.05) is 72.8 Å². The van der Waals surface area contributed by atoms with Crippen LogP contribution in [0.15, 0.2) is 142 Å². The second-order valence-corrected chi connectivity index (χ2v) is 20.1. The van der Waals surface area contributed by atoms with Crippen molar-refractivity contribution in [2.75, 3.05) is 27.9 Å². The number of hydrogen-bond acceptors (Lipinski definition) is 8. The lowest BCUT2D eigenvalue weighted by Crippen LogP contribution is -2.35. The second-order valence-electron chi connectivity index (χ2n) is 14.0. The number of anilines is 3. The molecule has 58 heavy (non-hydrogen) atoms. The molecule has 0 saturated carbocycles. The minimum atomic E-state index is -4.05. The van der Waals surface area contributed by atoms with Crippen LogP contribution in [0.1, 0.15) is 43.5 Å². The Bertz CT molecular complexity index is 2610. The molecule has 2 aliphatic rings. The number of thiazole rings is 1. The van der Waals surface area contributed by atoms with Crippen molar-refractivity contribution in [1.82, 2.24) is 0 Å². The van der Waals surface area contributed by atoms with Crippen molar-refractivity contribution >= 4 is 99.9 Å². The highest BCUT2D eigenvalue weighted by atomic mass is 35.5. The first-order valence-electron chi connectivity index (χ1n) is 18.8. The number of aryl methyl sites for hydroxylation is 1. The molecule has 7 rings (SSSR count). The number of unbranched alkanes of at least 4 members (excludes halogenated alkanes) is 2. The van der Waals surface area contributed by atoms with E-state index in [4.69, 9.17) is 23.2 Å². The summed E-state index contributed by atoms with van der Waals surface area (Å²) in [6.07, 6.45) is 12.0. The van der Waals surface area contributed by atoms with Gasteiger partial charge >= 0.3 is 0 Å². The van der Waals surface area contributed by atoms with Gasteiger partial charge in [0.1, 0.15) is 4.70 Å². The Morgan fingerprint density at radius 1 is 0.741 bits per heavy atom. The fourth-order valence-electron chi connectivity index (χ4n) is 7.20. The number of para-hydroxylation sites is 2. The van der Waals surface area contributed by atoms with Gasteiger partial charge in [0.15, 0.2) is 6.54 Å². The average Bonchev–Trinajstić information content (AvgIpc) is 3.86. The van der Waals surface area contributed by atoms with Crippen molar-refractivity contribution in [3.05, 3.63) is 152 Å². The van der Waals surface area contributed by atoms with Gasteiger partial charge in [0.05, 0.1) is 27.9 Å². The molecule has 4 aromatic carbocycles. The molecule has 0 unspecified atom stereocenters. The molecule has 0 radical (unpaired) electrons. The molecule has 302 valence electrons. The van der Waals surface area contributed by atoms with Gasteiger partial charge < -0.3 is 9.80 Å². The zero-order valence-electron chi connectivity index (χ0n) is 31.4. The summed E-state index contributed by atoms with van der Waals surface area (Å²) < 4.78 is 67.6. The van der Waals surface area contributed by atoms with Gasteiger partial charge in [-0.05, 0) is 110 Å². The monoisotopic (exact) mass is 894 g/mol. The standard InChI is InChI=1S/C43H41Cl2N3O6S4/c44-33-19-21-39-37(29-33)46(25-7-9-27-57(49,50)51)41(55-39)23-17-31-15-16-32(43(31)48(35-11-3-1-4-12-35)36-13-5-2-6-14-36)18-24-42-47(26-8-10-28-58(52,53)54)38-30-34(45)20-22-40(38)56-42/h1-6,11-14,17-24,29-30H,7-10,15-16,25-28H2,(H-,49,50,51,52,53,54)/p+1. The van der Waals surface area contributed by atoms with Gasteiger partial charge in [-0.2, -0.15) is 21.4 Å².